The molecule has 0 fully saturated rings. The summed E-state index contributed by atoms with van der Waals surface area (Å²) in [5.41, 5.74) is 0. The predicted molar refractivity (Wildman–Crippen MR) is 425 cm³/mol. The number of likely N-dealkylation sites (N-methyl/N-ethyl adjacent to an activating group) is 1. The van der Waals surface area contributed by atoms with E-state index in [2.05, 4.69) is 135 Å². The van der Waals surface area contributed by atoms with Crippen LogP contribution < -0.4 is 4.89 Å². The fourth-order valence-corrected chi connectivity index (χ4v) is 12.4. The van der Waals surface area contributed by atoms with E-state index in [1.165, 1.54) is 244 Å². The standard InChI is InChI=1S/C88H156NO8P/c1-6-8-10-12-14-16-18-20-22-24-26-28-30-32-34-36-38-40-41-42-43-44-45-46-47-49-51-53-55-57-59-61-63-65-67-69-71-73-75-77-79-81-88(91)97-86(85-96-98(92,93)95-83-82-89(3,4)5)84-94-87(90)80-78-76-74-72-70-68-66-64-62-60-58-56-54-52-50-48-39-37-35-33-31-29-27-25-23-21-19-17-15-13-11-9-7-2/h8,10,14,16,19-22,25-28,32,34,38,40,42-43,45-46,86H,6-7,9,11-13,15,17-18,23-24,29-31,33,35-37,39,41,44,47-85H2,1-5H3/b10-8-,16-14-,21-19-,22-20-,27-25-,28-26-,34-32-,40-38-,43-42-,46-45-. The summed E-state index contributed by atoms with van der Waals surface area (Å²) in [7, 11) is 1.17. The van der Waals surface area contributed by atoms with Crippen LogP contribution in [0.15, 0.2) is 122 Å². The molecular formula is C88H156NO8P. The molecule has 9 nitrogen and oxygen atoms in total. The van der Waals surface area contributed by atoms with Gasteiger partial charge in [0.15, 0.2) is 6.10 Å². The Morgan fingerprint density at radius 2 is 0.582 bits per heavy atom. The monoisotopic (exact) mass is 1390 g/mol. The molecule has 0 saturated heterocycles. The molecule has 0 rings (SSSR count). The molecule has 0 aliphatic carbocycles. The molecule has 10 heteroatoms. The van der Waals surface area contributed by atoms with Crippen LogP contribution in [0.2, 0.25) is 0 Å². The zero-order valence-corrected chi connectivity index (χ0v) is 65.6. The topological polar surface area (TPSA) is 111 Å². The van der Waals surface area contributed by atoms with Crippen LogP contribution in [-0.4, -0.2) is 70.0 Å². The van der Waals surface area contributed by atoms with Gasteiger partial charge in [0, 0.05) is 12.8 Å². The van der Waals surface area contributed by atoms with Crippen LogP contribution in [-0.2, 0) is 32.7 Å². The first-order chi connectivity index (χ1) is 48.0. The number of phosphoric acid groups is 1. The van der Waals surface area contributed by atoms with Crippen molar-refractivity contribution in [1.82, 2.24) is 0 Å². The number of quaternary nitrogens is 1. The van der Waals surface area contributed by atoms with E-state index in [1.807, 2.05) is 21.1 Å². The molecule has 2 unspecified atom stereocenters. The average molecular weight is 1390 g/mol. The molecule has 0 bridgehead atoms. The SMILES string of the molecule is CC/C=C\C/C=C\C/C=C\C/C=C\C/C=C\C/C=C\C/C=C\C/C=C\CCCCCCCCCCCCCCCCCCC(=O)OC(COC(=O)CCCCCCCCCCCCCCCCCCCCCCC/C=C\C/C=C\CCCCCCC)COP(=O)([O-])OCC[N+](C)(C)C. The Kier molecular flexibility index (Phi) is 74.7. The van der Waals surface area contributed by atoms with Crippen molar-refractivity contribution in [2.75, 3.05) is 47.5 Å². The Morgan fingerprint density at radius 1 is 0.327 bits per heavy atom. The third-order valence-corrected chi connectivity index (χ3v) is 18.9. The Morgan fingerprint density at radius 3 is 0.867 bits per heavy atom. The smallest absolute Gasteiger partial charge is 0.306 e. The number of esters is 2. The Bertz CT molecular complexity index is 2070. The number of phosphoric ester groups is 1. The van der Waals surface area contributed by atoms with Gasteiger partial charge >= 0.3 is 11.9 Å². The Hall–Kier alpha value is -3.59. The lowest BCUT2D eigenvalue weighted by molar-refractivity contribution is -0.870. The summed E-state index contributed by atoms with van der Waals surface area (Å²) in [5, 5.41) is 0. The summed E-state index contributed by atoms with van der Waals surface area (Å²) in [6.07, 6.45) is 112. The third-order valence-electron chi connectivity index (χ3n) is 18.0. The van der Waals surface area contributed by atoms with Crippen molar-refractivity contribution in [2.45, 2.75) is 380 Å². The van der Waals surface area contributed by atoms with Crippen molar-refractivity contribution in [2.24, 2.45) is 0 Å². The molecule has 0 amide bonds. The number of carbonyl (C=O) groups is 2. The molecule has 0 aromatic carbocycles. The van der Waals surface area contributed by atoms with E-state index in [-0.39, 0.29) is 32.0 Å². The molecule has 0 N–H and O–H groups in total. The minimum atomic E-state index is -4.65. The molecule has 0 heterocycles. The quantitative estimate of drug-likeness (QED) is 0.0195. The van der Waals surface area contributed by atoms with E-state index in [9.17, 15) is 19.0 Å². The molecule has 0 aliphatic heterocycles. The van der Waals surface area contributed by atoms with Crippen molar-refractivity contribution >= 4 is 19.8 Å². The van der Waals surface area contributed by atoms with Crippen LogP contribution in [0.25, 0.3) is 0 Å². The summed E-state index contributed by atoms with van der Waals surface area (Å²) in [6.45, 7) is 4.16. The average Bonchev–Trinajstić information content (AvgIpc) is 1.08. The number of hydrogen-bond donors (Lipinski definition) is 0. The summed E-state index contributed by atoms with van der Waals surface area (Å²) in [6, 6.07) is 0. The lowest BCUT2D eigenvalue weighted by atomic mass is 10.0. The molecule has 0 aromatic rings. The minimum Gasteiger partial charge on any atom is -0.756 e. The molecule has 2 atom stereocenters. The fourth-order valence-electron chi connectivity index (χ4n) is 11.7. The summed E-state index contributed by atoms with van der Waals surface area (Å²) in [5.74, 6) is -0.820. The maximum Gasteiger partial charge on any atom is 0.306 e. The molecule has 0 spiro atoms. The van der Waals surface area contributed by atoms with Crippen molar-refractivity contribution in [1.29, 1.82) is 0 Å². The van der Waals surface area contributed by atoms with Crippen LogP contribution in [0.1, 0.15) is 373 Å². The second-order valence-electron chi connectivity index (χ2n) is 28.8. The molecule has 0 radical (unpaired) electrons. The number of unbranched alkanes of at least 4 members (excludes halogenated alkanes) is 42. The number of hydrogen-bond acceptors (Lipinski definition) is 8. The third kappa shape index (κ3) is 81.4. The van der Waals surface area contributed by atoms with E-state index in [1.54, 1.807) is 0 Å². The first-order valence-electron chi connectivity index (χ1n) is 41.2. The molecule has 98 heavy (non-hydrogen) atoms. The van der Waals surface area contributed by atoms with Crippen LogP contribution in [0, 0.1) is 0 Å². The van der Waals surface area contributed by atoms with Crippen molar-refractivity contribution in [3.05, 3.63) is 122 Å². The maximum atomic E-state index is 12.9. The van der Waals surface area contributed by atoms with Crippen molar-refractivity contribution in [3.63, 3.8) is 0 Å². The summed E-state index contributed by atoms with van der Waals surface area (Å²) < 4.78 is 34.4. The van der Waals surface area contributed by atoms with Gasteiger partial charge in [0.2, 0.25) is 0 Å². The van der Waals surface area contributed by atoms with E-state index in [4.69, 9.17) is 18.5 Å². The highest BCUT2D eigenvalue weighted by Gasteiger charge is 2.22. The van der Waals surface area contributed by atoms with Crippen LogP contribution in [0.5, 0.6) is 0 Å². The molecule has 566 valence electrons. The summed E-state index contributed by atoms with van der Waals surface area (Å²) in [4.78, 5) is 38.2. The lowest BCUT2D eigenvalue weighted by Gasteiger charge is -2.28. The lowest BCUT2D eigenvalue weighted by Crippen LogP contribution is -2.37. The van der Waals surface area contributed by atoms with Crippen LogP contribution >= 0.6 is 7.82 Å². The van der Waals surface area contributed by atoms with Gasteiger partial charge < -0.3 is 27.9 Å². The highest BCUT2D eigenvalue weighted by atomic mass is 31.2. The largest absolute Gasteiger partial charge is 0.756 e. The van der Waals surface area contributed by atoms with Gasteiger partial charge in [-0.05, 0) is 109 Å². The van der Waals surface area contributed by atoms with Crippen molar-refractivity contribution in [3.8, 4) is 0 Å². The normalized spacial score (nSPS) is 13.7. The first-order valence-corrected chi connectivity index (χ1v) is 42.7. The molecule has 0 aliphatic rings. The first kappa shape index (κ1) is 94.4. The highest BCUT2D eigenvalue weighted by Crippen LogP contribution is 2.38. The minimum absolute atomic E-state index is 0.0323. The van der Waals surface area contributed by atoms with Gasteiger partial charge in [-0.25, -0.2) is 0 Å². The number of ether oxygens (including phenoxy) is 2. The zero-order valence-electron chi connectivity index (χ0n) is 64.7. The van der Waals surface area contributed by atoms with Crippen molar-refractivity contribution < 1.29 is 42.1 Å². The zero-order chi connectivity index (χ0) is 71.1. The summed E-state index contributed by atoms with van der Waals surface area (Å²) >= 11 is 0. The number of allylic oxidation sites excluding steroid dienone is 20. The number of rotatable bonds is 76. The molecular weight excluding hydrogens is 1230 g/mol. The van der Waals surface area contributed by atoms with Gasteiger partial charge in [-0.1, -0.05) is 373 Å². The molecule has 0 saturated carbocycles. The molecule has 0 aromatic heterocycles. The van der Waals surface area contributed by atoms with E-state index in [0.717, 1.165) is 96.3 Å². The second-order valence-corrected chi connectivity index (χ2v) is 30.2. The Labute approximate surface area is 607 Å². The maximum absolute atomic E-state index is 12.9. The van der Waals surface area contributed by atoms with Crippen LogP contribution in [0.3, 0.4) is 0 Å². The number of nitrogens with zero attached hydrogens (tertiary/aromatic N) is 1. The van der Waals surface area contributed by atoms with Crippen LogP contribution in [0.4, 0.5) is 0 Å². The van der Waals surface area contributed by atoms with Gasteiger partial charge in [-0.2, -0.15) is 0 Å². The van der Waals surface area contributed by atoms with E-state index in [0.29, 0.717) is 17.4 Å². The van der Waals surface area contributed by atoms with Gasteiger partial charge in [0.25, 0.3) is 7.82 Å². The number of carbonyl (C=O) groups excluding carboxylic acids is 2. The highest BCUT2D eigenvalue weighted by molar-refractivity contribution is 7.45. The van der Waals surface area contributed by atoms with Gasteiger partial charge in [0.1, 0.15) is 19.8 Å². The van der Waals surface area contributed by atoms with Gasteiger partial charge in [-0.3, -0.25) is 14.2 Å². The van der Waals surface area contributed by atoms with E-state index >= 15 is 0 Å². The van der Waals surface area contributed by atoms with Gasteiger partial charge in [-0.15, -0.1) is 0 Å². The Balaban J connectivity index is 3.95. The van der Waals surface area contributed by atoms with Gasteiger partial charge in [0.05, 0.1) is 27.7 Å². The fraction of sp³-hybridized carbons (Fsp3) is 0.750. The second kappa shape index (κ2) is 77.6. The van der Waals surface area contributed by atoms with E-state index < -0.39 is 26.5 Å². The predicted octanol–water partition coefficient (Wildman–Crippen LogP) is 27.1.